The molecular weight excluding hydrogens is 558 g/mol. The molecule has 224 valence electrons. The van der Waals surface area contributed by atoms with E-state index in [1.165, 1.54) is 7.11 Å². The monoisotopic (exact) mass is 591 g/mol. The molecular formula is C32H33N9O3. The summed E-state index contributed by atoms with van der Waals surface area (Å²) in [6.07, 6.45) is 7.90. The van der Waals surface area contributed by atoms with E-state index in [9.17, 15) is 9.59 Å². The Morgan fingerprint density at radius 3 is 2.27 bits per heavy atom. The van der Waals surface area contributed by atoms with Crippen molar-refractivity contribution < 1.29 is 14.3 Å². The molecule has 0 radical (unpaired) electrons. The summed E-state index contributed by atoms with van der Waals surface area (Å²) in [5.41, 5.74) is 10.9. The van der Waals surface area contributed by atoms with Crippen molar-refractivity contribution in [3.05, 3.63) is 96.6 Å². The van der Waals surface area contributed by atoms with E-state index < -0.39 is 12.1 Å². The van der Waals surface area contributed by atoms with Crippen LogP contribution < -0.4 is 11.1 Å². The van der Waals surface area contributed by atoms with Crippen LogP contribution in [0.2, 0.25) is 0 Å². The lowest BCUT2D eigenvalue weighted by molar-refractivity contribution is -0.134. The maximum Gasteiger partial charge on any atom is 0.407 e. The molecule has 2 aromatic carbocycles. The van der Waals surface area contributed by atoms with Gasteiger partial charge in [-0.1, -0.05) is 54.6 Å². The largest absolute Gasteiger partial charge is 0.453 e. The quantitative estimate of drug-likeness (QED) is 0.201. The number of hydrogen-bond acceptors (Lipinski definition) is 8. The number of nitrogens with two attached hydrogens (primary N) is 1. The second-order valence-corrected chi connectivity index (χ2v) is 10.7. The Kier molecular flexibility index (Phi) is 8.15. The van der Waals surface area contributed by atoms with E-state index in [1.807, 2.05) is 61.5 Å². The number of imidazole rings is 2. The van der Waals surface area contributed by atoms with Crippen LogP contribution in [-0.2, 0) is 9.53 Å². The highest BCUT2D eigenvalue weighted by Crippen LogP contribution is 2.34. The minimum absolute atomic E-state index is 0.164. The summed E-state index contributed by atoms with van der Waals surface area (Å²) in [7, 11) is 1.28. The third kappa shape index (κ3) is 5.92. The normalized spacial score (nSPS) is 16.0. The van der Waals surface area contributed by atoms with Gasteiger partial charge in [0.15, 0.2) is 5.82 Å². The average Bonchev–Trinajstić information content (AvgIpc) is 3.85. The van der Waals surface area contributed by atoms with Crippen molar-refractivity contribution >= 4 is 12.0 Å². The zero-order valence-corrected chi connectivity index (χ0v) is 24.4. The van der Waals surface area contributed by atoms with Crippen LogP contribution in [0.5, 0.6) is 0 Å². The number of aromatic amines is 2. The number of rotatable bonds is 8. The fourth-order valence-electron chi connectivity index (χ4n) is 5.37. The van der Waals surface area contributed by atoms with Crippen molar-refractivity contribution in [3.63, 3.8) is 0 Å². The SMILES string of the molecule is COC(=O)N[C@@H](C(=O)N1CCC[C@H]1c1ncc(-c2cnc(-c3ccc(-c4cnc([C@H](C)N)[nH]4)cc3)nc2)[nH]1)c1ccccc1. The lowest BCUT2D eigenvalue weighted by Crippen LogP contribution is -2.42. The standard InChI is InChI=1S/C32H33N9O3/c1-19(33)28-36-17-24(38-28)20-10-12-22(13-11-20)29-34-15-23(16-35-29)25-18-37-30(39-25)26-9-6-14-41(26)31(42)27(40-32(43)44-2)21-7-4-3-5-8-21/h3-5,7-8,10-13,15-19,26-27H,6,9,14,33H2,1-2H3,(H,36,38)(H,37,39)(H,40,43)/t19-,26-,27+/m0/s1. The van der Waals surface area contributed by atoms with Crippen molar-refractivity contribution in [1.29, 1.82) is 0 Å². The molecule has 5 aromatic rings. The highest BCUT2D eigenvalue weighted by molar-refractivity contribution is 5.87. The Morgan fingerprint density at radius 2 is 1.59 bits per heavy atom. The first kappa shape index (κ1) is 28.7. The minimum Gasteiger partial charge on any atom is -0.453 e. The number of alkyl carbamates (subject to hydrolysis) is 1. The fourth-order valence-corrected chi connectivity index (χ4v) is 5.37. The topological polar surface area (TPSA) is 168 Å². The Balaban J connectivity index is 1.17. The summed E-state index contributed by atoms with van der Waals surface area (Å²) >= 11 is 0. The van der Waals surface area contributed by atoms with Gasteiger partial charge in [-0.05, 0) is 30.9 Å². The predicted octanol–water partition coefficient (Wildman–Crippen LogP) is 4.70. The maximum atomic E-state index is 13.7. The summed E-state index contributed by atoms with van der Waals surface area (Å²) < 4.78 is 4.79. The summed E-state index contributed by atoms with van der Waals surface area (Å²) in [6.45, 7) is 2.44. The van der Waals surface area contributed by atoms with E-state index in [-0.39, 0.29) is 18.0 Å². The first-order valence-electron chi connectivity index (χ1n) is 14.4. The Hall–Kier alpha value is -5.36. The van der Waals surface area contributed by atoms with E-state index >= 15 is 0 Å². The van der Waals surface area contributed by atoms with Crippen molar-refractivity contribution in [1.82, 2.24) is 40.1 Å². The smallest absolute Gasteiger partial charge is 0.407 e. The number of carbonyl (C=O) groups is 2. The molecule has 6 rings (SSSR count). The number of aromatic nitrogens is 6. The first-order chi connectivity index (χ1) is 21.4. The molecule has 4 heterocycles. The number of H-pyrrole nitrogens is 2. The van der Waals surface area contributed by atoms with Crippen LogP contribution in [0.15, 0.2) is 79.4 Å². The van der Waals surface area contributed by atoms with Gasteiger partial charge in [-0.15, -0.1) is 0 Å². The van der Waals surface area contributed by atoms with E-state index in [0.717, 1.165) is 46.7 Å². The van der Waals surface area contributed by atoms with Gasteiger partial charge in [0.1, 0.15) is 17.7 Å². The predicted molar refractivity (Wildman–Crippen MR) is 164 cm³/mol. The van der Waals surface area contributed by atoms with Gasteiger partial charge in [-0.25, -0.2) is 24.7 Å². The van der Waals surface area contributed by atoms with E-state index in [1.54, 1.807) is 29.7 Å². The van der Waals surface area contributed by atoms with Crippen LogP contribution in [0.1, 0.15) is 55.1 Å². The van der Waals surface area contributed by atoms with Gasteiger partial charge in [0.25, 0.3) is 5.91 Å². The molecule has 2 amide bonds. The fraction of sp³-hybridized carbons (Fsp3) is 0.250. The van der Waals surface area contributed by atoms with Gasteiger partial charge in [0.2, 0.25) is 0 Å². The molecule has 12 nitrogen and oxygen atoms in total. The third-order valence-electron chi connectivity index (χ3n) is 7.72. The summed E-state index contributed by atoms with van der Waals surface area (Å²) in [5, 5.41) is 2.69. The zero-order valence-electron chi connectivity index (χ0n) is 24.4. The van der Waals surface area contributed by atoms with Crippen LogP contribution in [0.25, 0.3) is 33.9 Å². The van der Waals surface area contributed by atoms with Gasteiger partial charge >= 0.3 is 6.09 Å². The number of carbonyl (C=O) groups excluding carboxylic acids is 2. The molecule has 0 spiro atoms. The minimum atomic E-state index is -0.875. The number of amides is 2. The number of nitrogens with one attached hydrogen (secondary N) is 3. The molecule has 3 aromatic heterocycles. The molecule has 1 aliphatic heterocycles. The van der Waals surface area contributed by atoms with E-state index in [4.69, 9.17) is 10.5 Å². The van der Waals surface area contributed by atoms with Gasteiger partial charge in [0, 0.05) is 30.1 Å². The Morgan fingerprint density at radius 1 is 0.909 bits per heavy atom. The molecule has 0 aliphatic carbocycles. The molecule has 1 aliphatic rings. The van der Waals surface area contributed by atoms with Crippen molar-refractivity contribution in [2.45, 2.75) is 37.9 Å². The summed E-state index contributed by atoms with van der Waals surface area (Å²) in [5.74, 6) is 1.78. The molecule has 1 saturated heterocycles. The maximum absolute atomic E-state index is 13.7. The van der Waals surface area contributed by atoms with Crippen LogP contribution in [-0.4, -0.2) is 60.5 Å². The van der Waals surface area contributed by atoms with Gasteiger partial charge < -0.3 is 30.7 Å². The van der Waals surface area contributed by atoms with Crippen LogP contribution >= 0.6 is 0 Å². The zero-order chi connectivity index (χ0) is 30.6. The van der Waals surface area contributed by atoms with Crippen LogP contribution in [0.3, 0.4) is 0 Å². The molecule has 12 heteroatoms. The van der Waals surface area contributed by atoms with Crippen molar-refractivity contribution in [2.75, 3.05) is 13.7 Å². The Bertz CT molecular complexity index is 1730. The van der Waals surface area contributed by atoms with Crippen LogP contribution in [0.4, 0.5) is 4.79 Å². The van der Waals surface area contributed by atoms with E-state index in [0.29, 0.717) is 23.8 Å². The molecule has 44 heavy (non-hydrogen) atoms. The number of benzene rings is 2. The highest BCUT2D eigenvalue weighted by atomic mass is 16.5. The number of nitrogens with zero attached hydrogens (tertiary/aromatic N) is 5. The Labute approximate surface area is 254 Å². The van der Waals surface area contributed by atoms with Gasteiger partial charge in [-0.2, -0.15) is 0 Å². The molecule has 0 unspecified atom stereocenters. The molecule has 0 bridgehead atoms. The molecule has 3 atom stereocenters. The lowest BCUT2D eigenvalue weighted by atomic mass is 10.1. The third-order valence-corrected chi connectivity index (χ3v) is 7.72. The number of likely N-dealkylation sites (tertiary alicyclic amines) is 1. The first-order valence-corrected chi connectivity index (χ1v) is 14.4. The second-order valence-electron chi connectivity index (χ2n) is 10.7. The molecule has 5 N–H and O–H groups in total. The highest BCUT2D eigenvalue weighted by Gasteiger charge is 2.37. The number of ether oxygens (including phenoxy) is 1. The van der Waals surface area contributed by atoms with Crippen LogP contribution in [0, 0.1) is 0 Å². The number of hydrogen-bond donors (Lipinski definition) is 4. The van der Waals surface area contributed by atoms with Crippen molar-refractivity contribution in [2.24, 2.45) is 5.73 Å². The summed E-state index contributed by atoms with van der Waals surface area (Å²) in [6, 6.07) is 15.8. The van der Waals surface area contributed by atoms with Crippen molar-refractivity contribution in [3.8, 4) is 33.9 Å². The van der Waals surface area contributed by atoms with Gasteiger partial charge in [-0.3, -0.25) is 4.79 Å². The second kappa shape index (κ2) is 12.5. The molecule has 1 fully saturated rings. The number of methoxy groups -OCH3 is 1. The lowest BCUT2D eigenvalue weighted by Gasteiger charge is -2.28. The molecule has 0 saturated carbocycles. The van der Waals surface area contributed by atoms with Gasteiger partial charge in [0.05, 0.1) is 43.0 Å². The summed E-state index contributed by atoms with van der Waals surface area (Å²) in [4.78, 5) is 52.3. The average molecular weight is 592 g/mol. The van der Waals surface area contributed by atoms with E-state index in [2.05, 4.69) is 35.2 Å².